The average Bonchev–Trinajstić information content (AvgIpc) is 3.07. The normalized spacial score (nSPS) is 15.9. The summed E-state index contributed by atoms with van der Waals surface area (Å²) in [6.45, 7) is 4.19. The van der Waals surface area contributed by atoms with Gasteiger partial charge in [-0.3, -0.25) is 9.69 Å². The van der Waals surface area contributed by atoms with E-state index in [2.05, 4.69) is 15.3 Å². The number of nitrogens with one attached hydrogen (secondary N) is 1. The fourth-order valence-corrected chi connectivity index (χ4v) is 3.13. The zero-order valence-corrected chi connectivity index (χ0v) is 14.1. The molecule has 1 N–H and O–H groups in total. The second-order valence-corrected chi connectivity index (χ2v) is 6.30. The monoisotopic (exact) mass is 343 g/mol. The largest absolute Gasteiger partial charge is 0.389 e. The van der Waals surface area contributed by atoms with Crippen LogP contribution < -0.4 is 5.32 Å². The van der Waals surface area contributed by atoms with E-state index in [9.17, 15) is 14.9 Å². The summed E-state index contributed by atoms with van der Waals surface area (Å²) >= 11 is 0. The minimum atomic E-state index is -0.462. The Labute approximate surface area is 145 Å². The summed E-state index contributed by atoms with van der Waals surface area (Å²) in [7, 11) is 0. The molecule has 1 aliphatic heterocycles. The van der Waals surface area contributed by atoms with Gasteiger partial charge >= 0.3 is 5.82 Å². The number of benzene rings is 1. The minimum Gasteiger partial charge on any atom is -0.358 e. The molecule has 1 aromatic heterocycles. The fraction of sp³-hybridized carbons (Fsp3) is 0.412. The smallest absolute Gasteiger partial charge is 0.358 e. The second-order valence-electron chi connectivity index (χ2n) is 6.30. The summed E-state index contributed by atoms with van der Waals surface area (Å²) in [4.78, 5) is 23.7. The van der Waals surface area contributed by atoms with E-state index < -0.39 is 4.92 Å². The van der Waals surface area contributed by atoms with Crippen molar-refractivity contribution >= 4 is 17.4 Å². The van der Waals surface area contributed by atoms with E-state index in [0.29, 0.717) is 0 Å². The first-order valence-corrected chi connectivity index (χ1v) is 8.29. The predicted molar refractivity (Wildman–Crippen MR) is 93.2 cm³/mol. The van der Waals surface area contributed by atoms with Crippen molar-refractivity contribution in [3.63, 3.8) is 0 Å². The van der Waals surface area contributed by atoms with Crippen LogP contribution in [0.1, 0.15) is 31.4 Å². The van der Waals surface area contributed by atoms with Crippen molar-refractivity contribution in [1.29, 1.82) is 0 Å². The van der Waals surface area contributed by atoms with Crippen LogP contribution in [0.4, 0.5) is 11.5 Å². The number of amides is 1. The Bertz CT molecular complexity index is 748. The van der Waals surface area contributed by atoms with Gasteiger partial charge in [0, 0.05) is 32.2 Å². The van der Waals surface area contributed by atoms with Crippen LogP contribution in [0, 0.1) is 10.1 Å². The molecule has 1 fully saturated rings. The molecule has 25 heavy (non-hydrogen) atoms. The molecule has 2 aromatic rings. The Balaban J connectivity index is 1.52. The van der Waals surface area contributed by atoms with Gasteiger partial charge in [0.05, 0.1) is 23.4 Å². The molecule has 1 saturated heterocycles. The molecule has 0 saturated carbocycles. The highest BCUT2D eigenvalue weighted by Crippen LogP contribution is 2.24. The lowest BCUT2D eigenvalue weighted by Gasteiger charge is -2.30. The van der Waals surface area contributed by atoms with Crippen molar-refractivity contribution < 1.29 is 9.72 Å². The zero-order chi connectivity index (χ0) is 17.8. The van der Waals surface area contributed by atoms with Crippen LogP contribution in [-0.4, -0.2) is 38.6 Å². The quantitative estimate of drug-likeness (QED) is 0.665. The number of carbonyl (C=O) groups is 1. The van der Waals surface area contributed by atoms with E-state index in [0.717, 1.165) is 38.2 Å². The first-order valence-electron chi connectivity index (χ1n) is 8.29. The van der Waals surface area contributed by atoms with Crippen LogP contribution in [0.25, 0.3) is 0 Å². The van der Waals surface area contributed by atoms with Crippen molar-refractivity contribution in [1.82, 2.24) is 14.7 Å². The Morgan fingerprint density at radius 2 is 1.96 bits per heavy atom. The van der Waals surface area contributed by atoms with Gasteiger partial charge < -0.3 is 15.4 Å². The van der Waals surface area contributed by atoms with Gasteiger partial charge in [0.1, 0.15) is 0 Å². The molecule has 1 amide bonds. The van der Waals surface area contributed by atoms with Crippen LogP contribution in [0.3, 0.4) is 0 Å². The molecule has 0 bridgehead atoms. The molecule has 2 heterocycles. The highest BCUT2D eigenvalue weighted by Gasteiger charge is 2.24. The Hall–Kier alpha value is -2.74. The van der Waals surface area contributed by atoms with Gasteiger partial charge in [-0.1, -0.05) is 12.1 Å². The number of carbonyl (C=O) groups excluding carboxylic acids is 1. The first-order chi connectivity index (χ1) is 12.0. The Morgan fingerprint density at radius 1 is 1.28 bits per heavy atom. The van der Waals surface area contributed by atoms with Crippen LogP contribution in [-0.2, 0) is 11.3 Å². The molecule has 0 unspecified atom stereocenters. The maximum atomic E-state index is 11.0. The summed E-state index contributed by atoms with van der Waals surface area (Å²) in [5.74, 6) is -0.171. The molecule has 8 heteroatoms. The number of anilines is 1. The standard InChI is InChI=1S/C17H21N5O3/c1-13(23)18-15-4-2-14(3-5-15)12-20-9-6-16(7-10-20)21-11-8-17(19-21)22(24)25/h2-5,8,11,16H,6-7,9-10,12H2,1H3,(H,18,23). The summed E-state index contributed by atoms with van der Waals surface area (Å²) in [5, 5.41) is 17.5. The number of likely N-dealkylation sites (tertiary alicyclic amines) is 1. The van der Waals surface area contributed by atoms with E-state index in [-0.39, 0.29) is 17.8 Å². The van der Waals surface area contributed by atoms with Crippen LogP contribution in [0.5, 0.6) is 0 Å². The van der Waals surface area contributed by atoms with Crippen molar-refractivity contribution in [2.45, 2.75) is 32.4 Å². The molecule has 132 valence electrons. The van der Waals surface area contributed by atoms with Crippen LogP contribution >= 0.6 is 0 Å². The molecule has 3 rings (SSSR count). The van der Waals surface area contributed by atoms with Gasteiger partial charge in [-0.2, -0.15) is 4.68 Å². The number of nitro groups is 1. The molecule has 0 spiro atoms. The molecule has 0 aliphatic carbocycles. The van der Waals surface area contributed by atoms with Gasteiger partial charge in [0.15, 0.2) is 0 Å². The number of aromatic nitrogens is 2. The van der Waals surface area contributed by atoms with Crippen molar-refractivity contribution in [3.8, 4) is 0 Å². The first kappa shape index (κ1) is 17.1. The Kier molecular flexibility index (Phi) is 5.08. The maximum Gasteiger partial charge on any atom is 0.389 e. The van der Waals surface area contributed by atoms with E-state index in [1.165, 1.54) is 18.6 Å². The number of piperidine rings is 1. The minimum absolute atomic E-state index is 0.0753. The number of nitrogens with zero attached hydrogens (tertiary/aromatic N) is 4. The SMILES string of the molecule is CC(=O)Nc1ccc(CN2CCC(n3ccc([N+](=O)[O-])n3)CC2)cc1. The summed E-state index contributed by atoms with van der Waals surface area (Å²) < 4.78 is 1.72. The molecular weight excluding hydrogens is 322 g/mol. The fourth-order valence-electron chi connectivity index (χ4n) is 3.13. The number of hydrogen-bond acceptors (Lipinski definition) is 5. The number of hydrogen-bond donors (Lipinski definition) is 1. The van der Waals surface area contributed by atoms with Gasteiger partial charge in [-0.15, -0.1) is 0 Å². The molecule has 0 atom stereocenters. The van der Waals surface area contributed by atoms with Crippen LogP contribution in [0.2, 0.25) is 0 Å². The van der Waals surface area contributed by atoms with Crippen molar-refractivity contribution in [2.24, 2.45) is 0 Å². The second kappa shape index (κ2) is 7.43. The van der Waals surface area contributed by atoms with Crippen molar-refractivity contribution in [3.05, 3.63) is 52.2 Å². The zero-order valence-electron chi connectivity index (χ0n) is 14.1. The van der Waals surface area contributed by atoms with Gasteiger partial charge in [-0.25, -0.2) is 0 Å². The topological polar surface area (TPSA) is 93.3 Å². The lowest BCUT2D eigenvalue weighted by Crippen LogP contribution is -2.34. The van der Waals surface area contributed by atoms with E-state index in [1.807, 2.05) is 24.3 Å². The predicted octanol–water partition coefficient (Wildman–Crippen LogP) is 2.59. The average molecular weight is 343 g/mol. The van der Waals surface area contributed by atoms with Crippen molar-refractivity contribution in [2.75, 3.05) is 18.4 Å². The third-order valence-electron chi connectivity index (χ3n) is 4.39. The molecular formula is C17H21N5O3. The summed E-state index contributed by atoms with van der Waals surface area (Å²) in [5.41, 5.74) is 2.00. The molecule has 1 aromatic carbocycles. The number of rotatable bonds is 5. The third-order valence-corrected chi connectivity index (χ3v) is 4.39. The van der Waals surface area contributed by atoms with Gasteiger partial charge in [0.2, 0.25) is 5.91 Å². The van der Waals surface area contributed by atoms with Gasteiger partial charge in [0.25, 0.3) is 0 Å². The molecule has 0 radical (unpaired) electrons. The van der Waals surface area contributed by atoms with Crippen LogP contribution in [0.15, 0.2) is 36.5 Å². The molecule has 1 aliphatic rings. The lowest BCUT2D eigenvalue weighted by molar-refractivity contribution is -0.389. The Morgan fingerprint density at radius 3 is 2.52 bits per heavy atom. The highest BCUT2D eigenvalue weighted by molar-refractivity contribution is 5.88. The lowest BCUT2D eigenvalue weighted by atomic mass is 10.0. The highest BCUT2D eigenvalue weighted by atomic mass is 16.6. The summed E-state index contributed by atoms with van der Waals surface area (Å²) in [6, 6.07) is 9.52. The molecule has 8 nitrogen and oxygen atoms in total. The van der Waals surface area contributed by atoms with E-state index >= 15 is 0 Å². The van der Waals surface area contributed by atoms with Gasteiger partial charge in [-0.05, 0) is 35.5 Å². The summed E-state index contributed by atoms with van der Waals surface area (Å²) in [6.07, 6.45) is 3.53. The van der Waals surface area contributed by atoms with E-state index in [4.69, 9.17) is 0 Å². The maximum absolute atomic E-state index is 11.0. The van der Waals surface area contributed by atoms with E-state index in [1.54, 1.807) is 10.9 Å². The third kappa shape index (κ3) is 4.42.